The van der Waals surface area contributed by atoms with Gasteiger partial charge in [-0.15, -0.1) is 0 Å². The lowest BCUT2D eigenvalue weighted by molar-refractivity contribution is -0.192. The number of carbonyl (C=O) groups excluding carboxylic acids is 3. The molecule has 2 heterocycles. The highest BCUT2D eigenvalue weighted by molar-refractivity contribution is 6.05. The quantitative estimate of drug-likeness (QED) is 0.444. The van der Waals surface area contributed by atoms with Gasteiger partial charge in [0.25, 0.3) is 0 Å². The summed E-state index contributed by atoms with van der Waals surface area (Å²) in [5.41, 5.74) is 7.20. The molecule has 3 rings (SSSR count). The molecule has 0 aliphatic carbocycles. The number of hydrogen-bond donors (Lipinski definition) is 4. The van der Waals surface area contributed by atoms with Crippen molar-refractivity contribution >= 4 is 23.7 Å². The van der Waals surface area contributed by atoms with Crippen LogP contribution >= 0.6 is 0 Å². The van der Waals surface area contributed by atoms with Crippen LogP contribution in [-0.2, 0) is 25.6 Å². The van der Waals surface area contributed by atoms with Crippen LogP contribution in [0.4, 0.5) is 13.2 Å². The first-order valence-electron chi connectivity index (χ1n) is 10.4. The summed E-state index contributed by atoms with van der Waals surface area (Å²) in [4.78, 5) is 46.3. The van der Waals surface area contributed by atoms with E-state index in [1.165, 1.54) is 5.56 Å². The van der Waals surface area contributed by atoms with Crippen molar-refractivity contribution in [2.45, 2.75) is 56.4 Å². The van der Waals surface area contributed by atoms with Crippen molar-refractivity contribution in [1.82, 2.24) is 15.5 Å². The van der Waals surface area contributed by atoms with Gasteiger partial charge in [0, 0.05) is 19.1 Å². The molecule has 5 N–H and O–H groups in total. The van der Waals surface area contributed by atoms with Gasteiger partial charge < -0.3 is 16.2 Å². The number of likely N-dealkylation sites (tertiary alicyclic amines) is 1. The minimum absolute atomic E-state index is 0.0710. The molecule has 1 unspecified atom stereocenters. The van der Waals surface area contributed by atoms with Gasteiger partial charge >= 0.3 is 12.1 Å². The van der Waals surface area contributed by atoms with Crippen LogP contribution in [0, 0.1) is 0 Å². The van der Waals surface area contributed by atoms with E-state index in [9.17, 15) is 27.6 Å². The smallest absolute Gasteiger partial charge is 0.475 e. The van der Waals surface area contributed by atoms with Crippen molar-refractivity contribution in [3.05, 3.63) is 35.9 Å². The van der Waals surface area contributed by atoms with Crippen LogP contribution < -0.4 is 16.4 Å². The second-order valence-corrected chi connectivity index (χ2v) is 7.88. The Labute approximate surface area is 188 Å². The molecule has 9 nitrogen and oxygen atoms in total. The van der Waals surface area contributed by atoms with Crippen LogP contribution in [0.3, 0.4) is 0 Å². The minimum atomic E-state index is -5.08. The molecule has 1 aromatic rings. The van der Waals surface area contributed by atoms with E-state index in [0.29, 0.717) is 19.5 Å². The second-order valence-electron chi connectivity index (χ2n) is 7.88. The predicted molar refractivity (Wildman–Crippen MR) is 111 cm³/mol. The van der Waals surface area contributed by atoms with Gasteiger partial charge in [0.05, 0.1) is 18.5 Å². The fourth-order valence-electron chi connectivity index (χ4n) is 3.60. The molecule has 1 aromatic carbocycles. The Bertz CT molecular complexity index is 842. The first kappa shape index (κ1) is 26.3. The van der Waals surface area contributed by atoms with Crippen molar-refractivity contribution in [2.24, 2.45) is 5.73 Å². The third-order valence-corrected chi connectivity index (χ3v) is 5.43. The molecular formula is C21H27F3N4O5. The average Bonchev–Trinajstić information content (AvgIpc) is 3.11. The summed E-state index contributed by atoms with van der Waals surface area (Å²) >= 11 is 0. The van der Waals surface area contributed by atoms with Gasteiger partial charge in [0.2, 0.25) is 17.7 Å². The van der Waals surface area contributed by atoms with Gasteiger partial charge in [-0.05, 0) is 31.2 Å². The molecule has 2 saturated heterocycles. The molecule has 0 radical (unpaired) electrons. The number of carbonyl (C=O) groups is 4. The molecular weight excluding hydrogens is 445 g/mol. The van der Waals surface area contributed by atoms with Crippen LogP contribution in [-0.4, -0.2) is 71.1 Å². The van der Waals surface area contributed by atoms with Crippen LogP contribution in [0.2, 0.25) is 0 Å². The SMILES string of the molecule is N[C@@H](CCc1ccccc1)C(=O)NC1CCN(C2CC(=O)NC2=O)CC1.O=C(O)C(F)(F)F. The Hall–Kier alpha value is -2.99. The van der Waals surface area contributed by atoms with Gasteiger partial charge in [-0.25, -0.2) is 4.79 Å². The minimum Gasteiger partial charge on any atom is -0.475 e. The van der Waals surface area contributed by atoms with E-state index in [1.54, 1.807) is 0 Å². The number of aliphatic carboxylic acids is 1. The third kappa shape index (κ3) is 8.46. The molecule has 182 valence electrons. The van der Waals surface area contributed by atoms with Gasteiger partial charge in [-0.2, -0.15) is 13.2 Å². The van der Waals surface area contributed by atoms with Crippen molar-refractivity contribution in [1.29, 1.82) is 0 Å². The Balaban J connectivity index is 0.000000479. The van der Waals surface area contributed by atoms with Crippen molar-refractivity contribution in [2.75, 3.05) is 13.1 Å². The number of hydrogen-bond acceptors (Lipinski definition) is 6. The number of rotatable bonds is 6. The van der Waals surface area contributed by atoms with Gasteiger partial charge in [0.15, 0.2) is 0 Å². The predicted octanol–water partition coefficient (Wildman–Crippen LogP) is 0.576. The number of carboxylic acids is 1. The second kappa shape index (κ2) is 11.8. The zero-order chi connectivity index (χ0) is 24.6. The molecule has 0 spiro atoms. The molecule has 12 heteroatoms. The first-order valence-corrected chi connectivity index (χ1v) is 10.4. The molecule has 2 atom stereocenters. The Kier molecular flexibility index (Phi) is 9.35. The number of piperidine rings is 1. The zero-order valence-corrected chi connectivity index (χ0v) is 17.8. The van der Waals surface area contributed by atoms with E-state index >= 15 is 0 Å². The third-order valence-electron chi connectivity index (χ3n) is 5.43. The number of aryl methyl sites for hydroxylation is 1. The fraction of sp³-hybridized carbons (Fsp3) is 0.524. The lowest BCUT2D eigenvalue weighted by Gasteiger charge is -2.35. The van der Waals surface area contributed by atoms with Crippen LogP contribution in [0.5, 0.6) is 0 Å². The lowest BCUT2D eigenvalue weighted by Crippen LogP contribution is -2.52. The molecule has 0 bridgehead atoms. The number of amides is 3. The topological polar surface area (TPSA) is 142 Å². The van der Waals surface area contributed by atoms with E-state index in [-0.39, 0.29) is 36.2 Å². The summed E-state index contributed by atoms with van der Waals surface area (Å²) in [5.74, 6) is -3.29. The zero-order valence-electron chi connectivity index (χ0n) is 17.8. The summed E-state index contributed by atoms with van der Waals surface area (Å²) in [6.07, 6.45) is -1.94. The highest BCUT2D eigenvalue weighted by atomic mass is 19.4. The molecule has 33 heavy (non-hydrogen) atoms. The number of nitrogens with zero attached hydrogens (tertiary/aromatic N) is 1. The van der Waals surface area contributed by atoms with Gasteiger partial charge in [-0.3, -0.25) is 24.6 Å². The number of carboxylic acid groups (broad SMARTS) is 1. The lowest BCUT2D eigenvalue weighted by atomic mass is 10.0. The van der Waals surface area contributed by atoms with Crippen molar-refractivity contribution in [3.8, 4) is 0 Å². The monoisotopic (exact) mass is 472 g/mol. The maximum absolute atomic E-state index is 12.3. The Morgan fingerprint density at radius 3 is 2.24 bits per heavy atom. The number of imide groups is 1. The number of halogens is 3. The van der Waals surface area contributed by atoms with Gasteiger partial charge in [-0.1, -0.05) is 30.3 Å². The molecule has 2 fully saturated rings. The van der Waals surface area contributed by atoms with E-state index in [0.717, 1.165) is 19.3 Å². The Morgan fingerprint density at radius 2 is 1.76 bits per heavy atom. The number of benzene rings is 1. The normalized spacial score (nSPS) is 20.4. The number of alkyl halides is 3. The van der Waals surface area contributed by atoms with E-state index < -0.39 is 18.2 Å². The maximum atomic E-state index is 12.3. The number of nitrogens with two attached hydrogens (primary N) is 1. The first-order chi connectivity index (χ1) is 15.5. The van der Waals surface area contributed by atoms with Crippen molar-refractivity contribution < 1.29 is 37.5 Å². The molecule has 0 aromatic heterocycles. The molecule has 2 aliphatic heterocycles. The fourth-order valence-corrected chi connectivity index (χ4v) is 3.60. The number of nitrogens with one attached hydrogen (secondary N) is 2. The summed E-state index contributed by atoms with van der Waals surface area (Å²) in [7, 11) is 0. The summed E-state index contributed by atoms with van der Waals surface area (Å²) in [6.45, 7) is 1.38. The summed E-state index contributed by atoms with van der Waals surface area (Å²) in [6, 6.07) is 9.18. The molecule has 3 amide bonds. The van der Waals surface area contributed by atoms with Gasteiger partial charge in [0.1, 0.15) is 0 Å². The summed E-state index contributed by atoms with van der Waals surface area (Å²) in [5, 5.41) is 12.5. The highest BCUT2D eigenvalue weighted by Crippen LogP contribution is 2.18. The maximum Gasteiger partial charge on any atom is 0.490 e. The van der Waals surface area contributed by atoms with Crippen molar-refractivity contribution in [3.63, 3.8) is 0 Å². The van der Waals surface area contributed by atoms with E-state index in [4.69, 9.17) is 15.6 Å². The largest absolute Gasteiger partial charge is 0.490 e. The van der Waals surface area contributed by atoms with E-state index in [2.05, 4.69) is 10.6 Å². The van der Waals surface area contributed by atoms with Crippen LogP contribution in [0.1, 0.15) is 31.2 Å². The average molecular weight is 472 g/mol. The standard InChI is InChI=1S/C19H26N4O3.C2HF3O2/c20-15(7-6-13-4-2-1-3-5-13)18(25)21-14-8-10-23(11-9-14)16-12-17(24)22-19(16)26;3-2(4,5)1(6)7/h1-5,14-16H,6-12,20H2,(H,21,25)(H,22,24,26);(H,6,7)/t15-,16?;/m0./s1. The molecule has 0 saturated carbocycles. The van der Waals surface area contributed by atoms with Crippen LogP contribution in [0.15, 0.2) is 30.3 Å². The van der Waals surface area contributed by atoms with E-state index in [1.807, 2.05) is 35.2 Å². The Morgan fingerprint density at radius 1 is 1.18 bits per heavy atom. The highest BCUT2D eigenvalue weighted by Gasteiger charge is 2.38. The summed E-state index contributed by atoms with van der Waals surface area (Å²) < 4.78 is 31.7. The molecule has 2 aliphatic rings. The van der Waals surface area contributed by atoms with Crippen LogP contribution in [0.25, 0.3) is 0 Å².